The Morgan fingerprint density at radius 2 is 2.31 bits per heavy atom. The van der Waals surface area contributed by atoms with Crippen molar-refractivity contribution in [1.82, 2.24) is 0 Å². The van der Waals surface area contributed by atoms with E-state index in [4.69, 9.17) is 10.5 Å². The molecule has 0 aliphatic carbocycles. The fourth-order valence-corrected chi connectivity index (χ4v) is 1.64. The first-order valence-electron chi connectivity index (χ1n) is 4.40. The van der Waals surface area contributed by atoms with Crippen molar-refractivity contribution in [2.75, 3.05) is 13.2 Å². The smallest absolute Gasteiger partial charge is 0.115 e. The highest BCUT2D eigenvalue weighted by Crippen LogP contribution is 2.37. The molecule has 0 radical (unpaired) electrons. The van der Waals surface area contributed by atoms with E-state index in [1.165, 1.54) is 0 Å². The molecule has 1 unspecified atom stereocenters. The quantitative estimate of drug-likeness (QED) is 0.711. The van der Waals surface area contributed by atoms with Crippen molar-refractivity contribution in [3.63, 3.8) is 0 Å². The van der Waals surface area contributed by atoms with Crippen molar-refractivity contribution in [2.45, 2.75) is 12.0 Å². The summed E-state index contributed by atoms with van der Waals surface area (Å²) in [5.74, 6) is 0.265. The van der Waals surface area contributed by atoms with Crippen molar-refractivity contribution >= 4 is 0 Å². The summed E-state index contributed by atoms with van der Waals surface area (Å²) >= 11 is 0. The molecule has 1 aromatic carbocycles. The van der Waals surface area contributed by atoms with Crippen LogP contribution in [0.1, 0.15) is 12.0 Å². The van der Waals surface area contributed by atoms with Gasteiger partial charge in [0.2, 0.25) is 0 Å². The van der Waals surface area contributed by atoms with Gasteiger partial charge in [-0.2, -0.15) is 0 Å². The SMILES string of the molecule is NCC1(c2cccc(O)c2)CCO1. The molecule has 1 aromatic rings. The third-order valence-electron chi connectivity index (χ3n) is 2.59. The largest absolute Gasteiger partial charge is 0.508 e. The first kappa shape index (κ1) is 8.53. The van der Waals surface area contributed by atoms with E-state index in [0.29, 0.717) is 6.54 Å². The van der Waals surface area contributed by atoms with Crippen LogP contribution in [0.4, 0.5) is 0 Å². The van der Waals surface area contributed by atoms with Crippen LogP contribution in [-0.4, -0.2) is 18.3 Å². The highest BCUT2D eigenvalue weighted by atomic mass is 16.5. The monoisotopic (exact) mass is 179 g/mol. The van der Waals surface area contributed by atoms with Gasteiger partial charge in [0, 0.05) is 13.0 Å². The number of hydrogen-bond acceptors (Lipinski definition) is 3. The Morgan fingerprint density at radius 1 is 1.54 bits per heavy atom. The molecule has 0 saturated carbocycles. The minimum Gasteiger partial charge on any atom is -0.508 e. The number of ether oxygens (including phenoxy) is 1. The predicted octanol–water partition coefficient (Wildman–Crippen LogP) is 0.967. The number of aromatic hydroxyl groups is 1. The third-order valence-corrected chi connectivity index (χ3v) is 2.59. The molecule has 2 rings (SSSR count). The van der Waals surface area contributed by atoms with E-state index >= 15 is 0 Å². The fourth-order valence-electron chi connectivity index (χ4n) is 1.64. The average Bonchev–Trinajstić information content (AvgIpc) is 2.03. The summed E-state index contributed by atoms with van der Waals surface area (Å²) in [4.78, 5) is 0. The molecule has 3 nitrogen and oxygen atoms in total. The first-order chi connectivity index (χ1) is 6.27. The fraction of sp³-hybridized carbons (Fsp3) is 0.400. The van der Waals surface area contributed by atoms with Crippen LogP contribution in [0.2, 0.25) is 0 Å². The predicted molar refractivity (Wildman–Crippen MR) is 49.4 cm³/mol. The summed E-state index contributed by atoms with van der Waals surface area (Å²) in [5.41, 5.74) is 6.28. The van der Waals surface area contributed by atoms with E-state index in [2.05, 4.69) is 0 Å². The van der Waals surface area contributed by atoms with Gasteiger partial charge in [0.15, 0.2) is 0 Å². The van der Waals surface area contributed by atoms with E-state index in [1.807, 2.05) is 12.1 Å². The summed E-state index contributed by atoms with van der Waals surface area (Å²) < 4.78 is 5.47. The van der Waals surface area contributed by atoms with Gasteiger partial charge in [0.25, 0.3) is 0 Å². The molecular formula is C10H13NO2. The van der Waals surface area contributed by atoms with Crippen LogP contribution in [0.25, 0.3) is 0 Å². The molecule has 1 aliphatic rings. The van der Waals surface area contributed by atoms with Crippen LogP contribution >= 0.6 is 0 Å². The van der Waals surface area contributed by atoms with Crippen LogP contribution in [0.15, 0.2) is 24.3 Å². The van der Waals surface area contributed by atoms with Gasteiger partial charge in [-0.05, 0) is 17.7 Å². The highest BCUT2D eigenvalue weighted by molar-refractivity contribution is 5.32. The van der Waals surface area contributed by atoms with Gasteiger partial charge in [0.1, 0.15) is 11.4 Å². The van der Waals surface area contributed by atoms with Gasteiger partial charge in [-0.15, -0.1) is 0 Å². The van der Waals surface area contributed by atoms with Crippen molar-refractivity contribution < 1.29 is 9.84 Å². The van der Waals surface area contributed by atoms with Gasteiger partial charge < -0.3 is 15.6 Å². The maximum absolute atomic E-state index is 9.30. The first-order valence-corrected chi connectivity index (χ1v) is 4.40. The molecule has 0 aromatic heterocycles. The molecule has 1 heterocycles. The summed E-state index contributed by atoms with van der Waals surface area (Å²) in [7, 11) is 0. The van der Waals surface area contributed by atoms with Crippen molar-refractivity contribution in [3.05, 3.63) is 29.8 Å². The summed E-state index contributed by atoms with van der Waals surface area (Å²) in [6.45, 7) is 1.23. The number of nitrogens with two attached hydrogens (primary N) is 1. The molecule has 1 saturated heterocycles. The highest BCUT2D eigenvalue weighted by Gasteiger charge is 2.38. The van der Waals surface area contributed by atoms with Crippen LogP contribution < -0.4 is 5.73 Å². The lowest BCUT2D eigenvalue weighted by atomic mass is 9.86. The van der Waals surface area contributed by atoms with Gasteiger partial charge in [0.05, 0.1) is 6.61 Å². The minimum absolute atomic E-state index is 0.265. The molecule has 0 spiro atoms. The van der Waals surface area contributed by atoms with Gasteiger partial charge in [-0.3, -0.25) is 0 Å². The number of phenolic OH excluding ortho intramolecular Hbond substituents is 1. The Balaban J connectivity index is 2.33. The second-order valence-corrected chi connectivity index (χ2v) is 3.35. The van der Waals surface area contributed by atoms with E-state index in [-0.39, 0.29) is 11.4 Å². The Labute approximate surface area is 77.1 Å². The molecule has 70 valence electrons. The summed E-state index contributed by atoms with van der Waals surface area (Å²) in [5, 5.41) is 9.30. The number of phenols is 1. The van der Waals surface area contributed by atoms with Crippen molar-refractivity contribution in [1.29, 1.82) is 0 Å². The Hall–Kier alpha value is -1.06. The maximum Gasteiger partial charge on any atom is 0.115 e. The second kappa shape index (κ2) is 3.01. The molecule has 1 aliphatic heterocycles. The molecule has 3 N–H and O–H groups in total. The van der Waals surface area contributed by atoms with Gasteiger partial charge in [-0.25, -0.2) is 0 Å². The molecule has 13 heavy (non-hydrogen) atoms. The lowest BCUT2D eigenvalue weighted by Crippen LogP contribution is -2.46. The third kappa shape index (κ3) is 1.30. The Kier molecular flexibility index (Phi) is 1.98. The van der Waals surface area contributed by atoms with Crippen LogP contribution in [0.3, 0.4) is 0 Å². The summed E-state index contributed by atoms with van der Waals surface area (Å²) in [6, 6.07) is 7.11. The number of hydrogen-bond donors (Lipinski definition) is 2. The maximum atomic E-state index is 9.30. The van der Waals surface area contributed by atoms with E-state index < -0.39 is 0 Å². The summed E-state index contributed by atoms with van der Waals surface area (Å²) in [6.07, 6.45) is 0.937. The average molecular weight is 179 g/mol. The standard InChI is InChI=1S/C10H13NO2/c11-7-10(4-5-13-10)8-2-1-3-9(12)6-8/h1-3,6,12H,4-5,7,11H2. The van der Waals surface area contributed by atoms with Crippen LogP contribution in [-0.2, 0) is 10.3 Å². The van der Waals surface area contributed by atoms with Crippen molar-refractivity contribution in [3.8, 4) is 5.75 Å². The second-order valence-electron chi connectivity index (χ2n) is 3.35. The topological polar surface area (TPSA) is 55.5 Å². The molecule has 1 fully saturated rings. The van der Waals surface area contributed by atoms with Crippen molar-refractivity contribution in [2.24, 2.45) is 5.73 Å². The van der Waals surface area contributed by atoms with E-state index in [0.717, 1.165) is 18.6 Å². The normalized spacial score (nSPS) is 26.8. The molecule has 3 heteroatoms. The Bertz CT molecular complexity index is 302. The van der Waals surface area contributed by atoms with Crippen LogP contribution in [0.5, 0.6) is 5.75 Å². The molecule has 0 amide bonds. The van der Waals surface area contributed by atoms with Gasteiger partial charge in [-0.1, -0.05) is 12.1 Å². The minimum atomic E-state index is -0.335. The molecule has 0 bridgehead atoms. The number of benzene rings is 1. The zero-order chi connectivity index (χ0) is 9.31. The lowest BCUT2D eigenvalue weighted by Gasteiger charge is -2.41. The van der Waals surface area contributed by atoms with E-state index in [9.17, 15) is 5.11 Å². The number of rotatable bonds is 2. The zero-order valence-electron chi connectivity index (χ0n) is 7.36. The Morgan fingerprint density at radius 3 is 2.77 bits per heavy atom. The molecular weight excluding hydrogens is 166 g/mol. The van der Waals surface area contributed by atoms with E-state index in [1.54, 1.807) is 12.1 Å². The molecule has 1 atom stereocenters. The zero-order valence-corrected chi connectivity index (χ0v) is 7.36. The lowest BCUT2D eigenvalue weighted by molar-refractivity contribution is -0.146. The van der Waals surface area contributed by atoms with Crippen LogP contribution in [0, 0.1) is 0 Å². The van der Waals surface area contributed by atoms with Gasteiger partial charge >= 0.3 is 0 Å².